The molecular formula is C25H23N3O2S. The third kappa shape index (κ3) is 3.57. The largest absolute Gasteiger partial charge is 0.365 e. The van der Waals surface area contributed by atoms with E-state index in [1.54, 1.807) is 6.20 Å². The number of hydrogen-bond donors (Lipinski definition) is 1. The van der Waals surface area contributed by atoms with Crippen LogP contribution >= 0.6 is 11.3 Å². The van der Waals surface area contributed by atoms with E-state index < -0.39 is 5.91 Å². The van der Waals surface area contributed by atoms with Gasteiger partial charge in [-0.25, -0.2) is 0 Å². The summed E-state index contributed by atoms with van der Waals surface area (Å²) in [7, 11) is 0. The maximum Gasteiger partial charge on any atom is 0.259 e. The van der Waals surface area contributed by atoms with Gasteiger partial charge in [-0.3, -0.25) is 14.6 Å². The minimum atomic E-state index is -0.398. The van der Waals surface area contributed by atoms with Crippen molar-refractivity contribution in [3.8, 4) is 0 Å². The van der Waals surface area contributed by atoms with E-state index in [4.69, 9.17) is 5.73 Å². The molecule has 4 aromatic rings. The third-order valence-electron chi connectivity index (χ3n) is 6.13. The van der Waals surface area contributed by atoms with Crippen LogP contribution in [0.25, 0.3) is 21.0 Å². The van der Waals surface area contributed by atoms with Crippen LogP contribution in [0.2, 0.25) is 0 Å². The Hall–Kier alpha value is -3.25. The molecule has 1 atom stereocenters. The van der Waals surface area contributed by atoms with E-state index in [9.17, 15) is 9.59 Å². The number of nitrogens with two attached hydrogens (primary N) is 1. The smallest absolute Gasteiger partial charge is 0.259 e. The van der Waals surface area contributed by atoms with Crippen molar-refractivity contribution in [2.45, 2.75) is 31.7 Å². The predicted octanol–water partition coefficient (Wildman–Crippen LogP) is 4.79. The molecule has 3 heterocycles. The number of benzene rings is 2. The highest BCUT2D eigenvalue weighted by atomic mass is 32.1. The summed E-state index contributed by atoms with van der Waals surface area (Å²) >= 11 is 1.44. The Morgan fingerprint density at radius 2 is 1.87 bits per heavy atom. The second-order valence-corrected chi connectivity index (χ2v) is 9.05. The lowest BCUT2D eigenvalue weighted by atomic mass is 9.93. The van der Waals surface area contributed by atoms with E-state index in [0.29, 0.717) is 23.4 Å². The number of hydrogen-bond acceptors (Lipinski definition) is 4. The Balaban J connectivity index is 1.52. The molecule has 31 heavy (non-hydrogen) atoms. The molecule has 1 saturated heterocycles. The zero-order valence-corrected chi connectivity index (χ0v) is 17.9. The van der Waals surface area contributed by atoms with E-state index in [1.807, 2.05) is 59.5 Å². The first-order valence-electron chi connectivity index (χ1n) is 10.6. The first-order chi connectivity index (χ1) is 15.1. The quantitative estimate of drug-likeness (QED) is 0.507. The summed E-state index contributed by atoms with van der Waals surface area (Å²) in [5.41, 5.74) is 8.19. The first-order valence-corrected chi connectivity index (χ1v) is 11.4. The number of fused-ring (bicyclic) bond motifs is 2. The summed E-state index contributed by atoms with van der Waals surface area (Å²) < 4.78 is 1.06. The van der Waals surface area contributed by atoms with Crippen molar-refractivity contribution in [1.82, 2.24) is 9.88 Å². The Bertz CT molecular complexity index is 1290. The SMILES string of the molecule is NC(=O)c1sc2ccccc2c1C[C@@H]1CCCCN1C(=O)c1cccc2ncccc12. The Morgan fingerprint density at radius 1 is 1.03 bits per heavy atom. The van der Waals surface area contributed by atoms with Crippen molar-refractivity contribution >= 4 is 44.1 Å². The summed E-state index contributed by atoms with van der Waals surface area (Å²) in [6.45, 7) is 0.716. The van der Waals surface area contributed by atoms with Crippen LogP contribution in [0.5, 0.6) is 0 Å². The standard InChI is InChI=1S/C25H23N3O2S/c26-24(29)23-20(18-8-1-2-12-22(18)31-23)15-16-7-3-4-14-28(16)25(30)19-9-5-11-21-17(19)10-6-13-27-21/h1-2,5-6,8-13,16H,3-4,7,14-15H2,(H2,26,29)/t16-/m0/s1. The van der Waals surface area contributed by atoms with Gasteiger partial charge in [0.25, 0.3) is 11.8 Å². The summed E-state index contributed by atoms with van der Waals surface area (Å²) in [5, 5.41) is 1.94. The van der Waals surface area contributed by atoms with Gasteiger partial charge in [0, 0.05) is 34.4 Å². The van der Waals surface area contributed by atoms with Crippen LogP contribution in [0, 0.1) is 0 Å². The molecule has 0 saturated carbocycles. The Labute approximate surface area is 184 Å². The molecule has 0 unspecified atom stereocenters. The van der Waals surface area contributed by atoms with Crippen LogP contribution in [-0.2, 0) is 6.42 Å². The fraction of sp³-hybridized carbons (Fsp3) is 0.240. The summed E-state index contributed by atoms with van der Waals surface area (Å²) in [6.07, 6.45) is 5.35. The zero-order chi connectivity index (χ0) is 21.4. The summed E-state index contributed by atoms with van der Waals surface area (Å²) in [6, 6.07) is 17.6. The lowest BCUT2D eigenvalue weighted by Crippen LogP contribution is -2.45. The van der Waals surface area contributed by atoms with Crippen molar-refractivity contribution in [1.29, 1.82) is 0 Å². The molecule has 0 spiro atoms. The van der Waals surface area contributed by atoms with Gasteiger partial charge in [0.05, 0.1) is 10.4 Å². The van der Waals surface area contributed by atoms with Crippen LogP contribution in [0.3, 0.4) is 0 Å². The van der Waals surface area contributed by atoms with E-state index >= 15 is 0 Å². The average molecular weight is 430 g/mol. The highest BCUT2D eigenvalue weighted by Gasteiger charge is 2.30. The first kappa shape index (κ1) is 19.7. The molecule has 2 amide bonds. The minimum absolute atomic E-state index is 0.0310. The number of carbonyl (C=O) groups excluding carboxylic acids is 2. The maximum absolute atomic E-state index is 13.6. The van der Waals surface area contributed by atoms with Gasteiger partial charge in [0.2, 0.25) is 0 Å². The van der Waals surface area contributed by atoms with Gasteiger partial charge in [-0.2, -0.15) is 0 Å². The number of thiophene rings is 1. The number of carbonyl (C=O) groups is 2. The van der Waals surface area contributed by atoms with Crippen LogP contribution < -0.4 is 5.73 Å². The van der Waals surface area contributed by atoms with Gasteiger partial charge in [0.1, 0.15) is 0 Å². The van der Waals surface area contributed by atoms with Crippen molar-refractivity contribution in [3.63, 3.8) is 0 Å². The number of amides is 2. The lowest BCUT2D eigenvalue weighted by Gasteiger charge is -2.36. The van der Waals surface area contributed by atoms with Crippen LogP contribution in [0.15, 0.2) is 60.8 Å². The maximum atomic E-state index is 13.6. The highest BCUT2D eigenvalue weighted by Crippen LogP contribution is 2.34. The highest BCUT2D eigenvalue weighted by molar-refractivity contribution is 7.21. The molecule has 5 rings (SSSR count). The van der Waals surface area contributed by atoms with Crippen LogP contribution in [0.4, 0.5) is 0 Å². The number of primary amides is 1. The molecule has 6 heteroatoms. The molecule has 1 aliphatic heterocycles. The molecule has 5 nitrogen and oxygen atoms in total. The molecule has 156 valence electrons. The van der Waals surface area contributed by atoms with Crippen molar-refractivity contribution in [3.05, 3.63) is 76.8 Å². The molecular weight excluding hydrogens is 406 g/mol. The van der Waals surface area contributed by atoms with Crippen LogP contribution in [-0.4, -0.2) is 34.3 Å². The zero-order valence-electron chi connectivity index (χ0n) is 17.1. The topological polar surface area (TPSA) is 76.3 Å². The summed E-state index contributed by atoms with van der Waals surface area (Å²) in [5.74, 6) is -0.367. The monoisotopic (exact) mass is 429 g/mol. The van der Waals surface area contributed by atoms with Gasteiger partial charge >= 0.3 is 0 Å². The number of nitrogens with zero attached hydrogens (tertiary/aromatic N) is 2. The number of aromatic nitrogens is 1. The predicted molar refractivity (Wildman–Crippen MR) is 124 cm³/mol. The number of pyridine rings is 1. The summed E-state index contributed by atoms with van der Waals surface area (Å²) in [4.78, 5) is 32.8. The lowest BCUT2D eigenvalue weighted by molar-refractivity contribution is 0.0616. The molecule has 2 aromatic carbocycles. The van der Waals surface area contributed by atoms with Gasteiger partial charge in [-0.05, 0) is 60.9 Å². The van der Waals surface area contributed by atoms with Gasteiger partial charge in [0.15, 0.2) is 0 Å². The Morgan fingerprint density at radius 3 is 2.74 bits per heavy atom. The second-order valence-electron chi connectivity index (χ2n) is 8.00. The van der Waals surface area contributed by atoms with E-state index in [1.165, 1.54) is 11.3 Å². The van der Waals surface area contributed by atoms with Gasteiger partial charge < -0.3 is 10.6 Å². The van der Waals surface area contributed by atoms with Crippen molar-refractivity contribution in [2.24, 2.45) is 5.73 Å². The number of piperidine rings is 1. The van der Waals surface area contributed by atoms with E-state index in [2.05, 4.69) is 4.98 Å². The molecule has 0 aliphatic carbocycles. The average Bonchev–Trinajstić information content (AvgIpc) is 3.17. The normalized spacial score (nSPS) is 16.6. The molecule has 1 aliphatic rings. The van der Waals surface area contributed by atoms with Crippen LogP contribution in [0.1, 0.15) is 44.9 Å². The molecule has 2 aromatic heterocycles. The van der Waals surface area contributed by atoms with Crippen molar-refractivity contribution < 1.29 is 9.59 Å². The molecule has 2 N–H and O–H groups in total. The molecule has 1 fully saturated rings. The van der Waals surface area contributed by atoms with Gasteiger partial charge in [-0.1, -0.05) is 30.3 Å². The van der Waals surface area contributed by atoms with E-state index in [0.717, 1.165) is 45.8 Å². The fourth-order valence-electron chi connectivity index (χ4n) is 4.66. The molecule has 0 bridgehead atoms. The minimum Gasteiger partial charge on any atom is -0.365 e. The van der Waals surface area contributed by atoms with Gasteiger partial charge in [-0.15, -0.1) is 11.3 Å². The second kappa shape index (κ2) is 8.12. The Kier molecular flexibility index (Phi) is 5.16. The van der Waals surface area contributed by atoms with Crippen molar-refractivity contribution in [2.75, 3.05) is 6.54 Å². The number of likely N-dealkylation sites (tertiary alicyclic amines) is 1. The molecule has 0 radical (unpaired) electrons. The number of rotatable bonds is 4. The fourth-order valence-corrected chi connectivity index (χ4v) is 5.75. The third-order valence-corrected chi connectivity index (χ3v) is 7.35. The van der Waals surface area contributed by atoms with E-state index in [-0.39, 0.29) is 11.9 Å².